The zero-order chi connectivity index (χ0) is 21.4. The third-order valence-corrected chi connectivity index (χ3v) is 5.21. The van der Waals surface area contributed by atoms with Crippen LogP contribution in [0.4, 0.5) is 10.1 Å². The molecule has 0 radical (unpaired) electrons. The van der Waals surface area contributed by atoms with E-state index in [2.05, 4.69) is 19.9 Å². The van der Waals surface area contributed by atoms with Crippen molar-refractivity contribution in [3.8, 4) is 17.0 Å². The van der Waals surface area contributed by atoms with Gasteiger partial charge in [0.05, 0.1) is 29.0 Å². The summed E-state index contributed by atoms with van der Waals surface area (Å²) < 4.78 is 20.8. The molecule has 5 rings (SSSR count). The topological polar surface area (TPSA) is 66.9 Å². The number of nitrogens with zero attached hydrogens (tertiary/aromatic N) is 4. The molecule has 5 aromatic rings. The predicted octanol–water partition coefficient (Wildman–Crippen LogP) is 4.96. The molecular formula is C24H20FN5O. The van der Waals surface area contributed by atoms with E-state index in [9.17, 15) is 4.39 Å². The molecular weight excluding hydrogens is 393 g/mol. The van der Waals surface area contributed by atoms with Crippen molar-refractivity contribution in [2.24, 2.45) is 0 Å². The molecule has 0 saturated heterocycles. The lowest BCUT2D eigenvalue weighted by Crippen LogP contribution is -2.08. The van der Waals surface area contributed by atoms with Gasteiger partial charge in [0.1, 0.15) is 12.3 Å². The van der Waals surface area contributed by atoms with E-state index in [4.69, 9.17) is 4.74 Å². The van der Waals surface area contributed by atoms with Crippen molar-refractivity contribution in [1.82, 2.24) is 19.9 Å². The van der Waals surface area contributed by atoms with Crippen LogP contribution >= 0.6 is 0 Å². The van der Waals surface area contributed by atoms with Crippen LogP contribution in [0.2, 0.25) is 0 Å². The zero-order valence-electron chi connectivity index (χ0n) is 17.1. The monoisotopic (exact) mass is 413 g/mol. The number of aromatic nitrogens is 4. The first-order valence-electron chi connectivity index (χ1n) is 9.85. The second-order valence-electron chi connectivity index (χ2n) is 7.49. The number of anilines is 1. The molecule has 6 nitrogen and oxygen atoms in total. The molecule has 154 valence electrons. The van der Waals surface area contributed by atoms with E-state index in [-0.39, 0.29) is 12.4 Å². The van der Waals surface area contributed by atoms with Crippen LogP contribution in [-0.4, -0.2) is 34.0 Å². The highest BCUT2D eigenvalue weighted by molar-refractivity contribution is 6.09. The summed E-state index contributed by atoms with van der Waals surface area (Å²) in [5.41, 5.74) is 4.99. The molecule has 0 fully saturated rings. The molecule has 0 aliphatic rings. The third-order valence-electron chi connectivity index (χ3n) is 5.21. The molecule has 7 heteroatoms. The molecule has 0 saturated carbocycles. The molecule has 1 N–H and O–H groups in total. The SMILES string of the molecule is CN(C)c1ccc(COc2c(F)cnc3[nH]c4cnc(-c5cccnc5)cc4c23)cc1. The van der Waals surface area contributed by atoms with E-state index in [1.807, 2.05) is 61.5 Å². The Morgan fingerprint density at radius 1 is 1.03 bits per heavy atom. The van der Waals surface area contributed by atoms with Crippen molar-refractivity contribution in [2.45, 2.75) is 6.61 Å². The lowest BCUT2D eigenvalue weighted by molar-refractivity contribution is 0.294. The molecule has 4 heterocycles. The molecule has 1 aromatic carbocycles. The first-order valence-corrected chi connectivity index (χ1v) is 9.85. The Bertz CT molecular complexity index is 1360. The van der Waals surface area contributed by atoms with Gasteiger partial charge in [-0.15, -0.1) is 0 Å². The summed E-state index contributed by atoms with van der Waals surface area (Å²) in [6, 6.07) is 13.7. The molecule has 0 unspecified atom stereocenters. The maximum Gasteiger partial charge on any atom is 0.184 e. The maximum atomic E-state index is 14.8. The Labute approximate surface area is 178 Å². The van der Waals surface area contributed by atoms with Gasteiger partial charge in [-0.3, -0.25) is 9.97 Å². The van der Waals surface area contributed by atoms with E-state index in [1.54, 1.807) is 18.6 Å². The number of rotatable bonds is 5. The Hall–Kier alpha value is -4.00. The first-order chi connectivity index (χ1) is 15.1. The summed E-state index contributed by atoms with van der Waals surface area (Å²) in [5, 5.41) is 1.40. The number of H-pyrrole nitrogens is 1. The number of benzene rings is 1. The number of nitrogens with one attached hydrogen (secondary N) is 1. The van der Waals surface area contributed by atoms with Crippen LogP contribution in [0.1, 0.15) is 5.56 Å². The van der Waals surface area contributed by atoms with E-state index in [0.29, 0.717) is 11.0 Å². The van der Waals surface area contributed by atoms with Gasteiger partial charge in [-0.25, -0.2) is 9.37 Å². The van der Waals surface area contributed by atoms with Crippen LogP contribution in [0.5, 0.6) is 5.75 Å². The minimum absolute atomic E-state index is 0.177. The maximum absolute atomic E-state index is 14.8. The normalized spacial score (nSPS) is 11.2. The highest BCUT2D eigenvalue weighted by Crippen LogP contribution is 2.35. The fourth-order valence-electron chi connectivity index (χ4n) is 3.56. The molecule has 0 spiro atoms. The van der Waals surface area contributed by atoms with Crippen molar-refractivity contribution >= 4 is 27.6 Å². The largest absolute Gasteiger partial charge is 0.485 e. The van der Waals surface area contributed by atoms with Crippen molar-refractivity contribution in [2.75, 3.05) is 19.0 Å². The summed E-state index contributed by atoms with van der Waals surface area (Å²) >= 11 is 0. The summed E-state index contributed by atoms with van der Waals surface area (Å²) in [6.07, 6.45) is 6.36. The predicted molar refractivity (Wildman–Crippen MR) is 120 cm³/mol. The molecule has 31 heavy (non-hydrogen) atoms. The quantitative estimate of drug-likeness (QED) is 0.441. The number of pyridine rings is 3. The minimum atomic E-state index is -0.502. The van der Waals surface area contributed by atoms with Crippen molar-refractivity contribution in [3.05, 3.63) is 78.6 Å². The van der Waals surface area contributed by atoms with Crippen molar-refractivity contribution in [1.29, 1.82) is 0 Å². The van der Waals surface area contributed by atoms with E-state index in [0.717, 1.165) is 33.4 Å². The highest BCUT2D eigenvalue weighted by atomic mass is 19.1. The lowest BCUT2D eigenvalue weighted by atomic mass is 10.1. The number of ether oxygens (including phenoxy) is 1. The standard InChI is InChI=1S/C24H20FN5O/c1-30(2)17-7-5-15(6-8-17)14-31-23-19(25)12-28-24-22(23)18-10-20(27-13-21(18)29-24)16-4-3-9-26-11-16/h3-13H,14H2,1-2H3,(H,28,29). The minimum Gasteiger partial charge on any atom is -0.485 e. The second kappa shape index (κ2) is 7.68. The van der Waals surface area contributed by atoms with Gasteiger partial charge in [-0.05, 0) is 35.9 Å². The van der Waals surface area contributed by atoms with Crippen LogP contribution in [0, 0.1) is 5.82 Å². The van der Waals surface area contributed by atoms with Crippen molar-refractivity contribution < 1.29 is 9.13 Å². The fraction of sp³-hybridized carbons (Fsp3) is 0.125. The fourth-order valence-corrected chi connectivity index (χ4v) is 3.56. The summed E-state index contributed by atoms with van der Waals surface area (Å²) in [7, 11) is 3.97. The number of aromatic amines is 1. The number of fused-ring (bicyclic) bond motifs is 3. The van der Waals surface area contributed by atoms with Gasteiger partial charge in [0.25, 0.3) is 0 Å². The number of hydrogen-bond donors (Lipinski definition) is 1. The summed E-state index contributed by atoms with van der Waals surface area (Å²) in [4.78, 5) is 18.1. The lowest BCUT2D eigenvalue weighted by Gasteiger charge is -2.13. The summed E-state index contributed by atoms with van der Waals surface area (Å²) in [5.74, 6) is -0.325. The Kier molecular flexibility index (Phi) is 4.71. The number of halogens is 1. The van der Waals surface area contributed by atoms with E-state index in [1.165, 1.54) is 6.20 Å². The van der Waals surface area contributed by atoms with E-state index < -0.39 is 5.82 Å². The van der Waals surface area contributed by atoms with Crippen LogP contribution < -0.4 is 9.64 Å². The molecule has 0 bridgehead atoms. The molecule has 4 aromatic heterocycles. The Morgan fingerprint density at radius 2 is 1.87 bits per heavy atom. The van der Waals surface area contributed by atoms with E-state index >= 15 is 0 Å². The third kappa shape index (κ3) is 3.54. The average Bonchev–Trinajstić information content (AvgIpc) is 3.17. The Morgan fingerprint density at radius 3 is 2.61 bits per heavy atom. The summed E-state index contributed by atoms with van der Waals surface area (Å²) in [6.45, 7) is 0.247. The van der Waals surface area contributed by atoms with Crippen LogP contribution in [0.3, 0.4) is 0 Å². The van der Waals surface area contributed by atoms with Gasteiger partial charge in [-0.2, -0.15) is 0 Å². The van der Waals surface area contributed by atoms with Gasteiger partial charge in [0.2, 0.25) is 0 Å². The second-order valence-corrected chi connectivity index (χ2v) is 7.49. The van der Waals surface area contributed by atoms with Crippen LogP contribution in [0.25, 0.3) is 33.2 Å². The zero-order valence-corrected chi connectivity index (χ0v) is 17.1. The van der Waals surface area contributed by atoms with Gasteiger partial charge in [0, 0.05) is 43.1 Å². The van der Waals surface area contributed by atoms with Gasteiger partial charge in [0.15, 0.2) is 11.6 Å². The molecule has 0 aliphatic carbocycles. The van der Waals surface area contributed by atoms with Crippen LogP contribution in [0.15, 0.2) is 67.3 Å². The average molecular weight is 413 g/mol. The van der Waals surface area contributed by atoms with Gasteiger partial charge in [-0.1, -0.05) is 12.1 Å². The smallest absolute Gasteiger partial charge is 0.184 e. The number of hydrogen-bond acceptors (Lipinski definition) is 5. The molecule has 0 aliphatic heterocycles. The highest BCUT2D eigenvalue weighted by Gasteiger charge is 2.17. The van der Waals surface area contributed by atoms with Crippen LogP contribution in [-0.2, 0) is 6.61 Å². The molecule has 0 atom stereocenters. The first kappa shape index (κ1) is 19.0. The van der Waals surface area contributed by atoms with Gasteiger partial charge >= 0.3 is 0 Å². The van der Waals surface area contributed by atoms with Crippen molar-refractivity contribution in [3.63, 3.8) is 0 Å². The van der Waals surface area contributed by atoms with Gasteiger partial charge < -0.3 is 14.6 Å². The Balaban J connectivity index is 1.56. The molecule has 0 amide bonds.